The van der Waals surface area contributed by atoms with Crippen molar-refractivity contribution in [1.29, 1.82) is 0 Å². The van der Waals surface area contributed by atoms with Crippen molar-refractivity contribution in [2.75, 3.05) is 6.54 Å². The molecule has 106 valence electrons. The van der Waals surface area contributed by atoms with Crippen LogP contribution in [0.4, 0.5) is 0 Å². The Kier molecular flexibility index (Phi) is 4.64. The molecule has 0 heterocycles. The third kappa shape index (κ3) is 4.05. The summed E-state index contributed by atoms with van der Waals surface area (Å²) in [5, 5.41) is 14.0. The van der Waals surface area contributed by atoms with Crippen molar-refractivity contribution in [3.05, 3.63) is 34.9 Å². The number of rotatable bonds is 4. The largest absolute Gasteiger partial charge is 0.389 e. The predicted molar refractivity (Wildman–Crippen MR) is 80.2 cm³/mol. The van der Waals surface area contributed by atoms with Crippen LogP contribution >= 0.6 is 0 Å². The molecule has 0 radical (unpaired) electrons. The van der Waals surface area contributed by atoms with E-state index < -0.39 is 5.60 Å². The molecule has 2 rings (SSSR count). The van der Waals surface area contributed by atoms with Crippen LogP contribution in [0.2, 0.25) is 0 Å². The summed E-state index contributed by atoms with van der Waals surface area (Å²) in [6, 6.07) is 6.56. The first-order valence-electron chi connectivity index (χ1n) is 7.48. The summed E-state index contributed by atoms with van der Waals surface area (Å²) in [4.78, 5) is 0. The van der Waals surface area contributed by atoms with E-state index in [4.69, 9.17) is 0 Å². The lowest BCUT2D eigenvalue weighted by Gasteiger charge is -2.35. The maximum absolute atomic E-state index is 10.5. The smallest absolute Gasteiger partial charge is 0.0771 e. The Morgan fingerprint density at radius 2 is 1.95 bits per heavy atom. The molecule has 0 saturated heterocycles. The van der Waals surface area contributed by atoms with Crippen LogP contribution in [0.15, 0.2) is 18.2 Å². The quantitative estimate of drug-likeness (QED) is 0.871. The Bertz CT molecular complexity index is 419. The highest BCUT2D eigenvalue weighted by Gasteiger charge is 2.31. The van der Waals surface area contributed by atoms with Crippen molar-refractivity contribution in [2.45, 2.75) is 58.6 Å². The minimum Gasteiger partial charge on any atom is -0.389 e. The van der Waals surface area contributed by atoms with E-state index in [-0.39, 0.29) is 0 Å². The van der Waals surface area contributed by atoms with Gasteiger partial charge in [0.25, 0.3) is 0 Å². The summed E-state index contributed by atoms with van der Waals surface area (Å²) in [6.07, 6.45) is 4.19. The molecule has 1 aromatic rings. The fraction of sp³-hybridized carbons (Fsp3) is 0.647. The summed E-state index contributed by atoms with van der Waals surface area (Å²) < 4.78 is 0. The first kappa shape index (κ1) is 14.5. The zero-order chi connectivity index (χ0) is 13.9. The molecule has 1 aliphatic carbocycles. The lowest BCUT2D eigenvalue weighted by molar-refractivity contribution is -0.00631. The molecule has 19 heavy (non-hydrogen) atoms. The summed E-state index contributed by atoms with van der Waals surface area (Å²) in [5.74, 6) is 0.777. The predicted octanol–water partition coefficient (Wildman–Crippen LogP) is 3.33. The second-order valence-electron chi connectivity index (χ2n) is 6.44. The van der Waals surface area contributed by atoms with Crippen molar-refractivity contribution in [1.82, 2.24) is 5.32 Å². The van der Waals surface area contributed by atoms with Gasteiger partial charge in [0.15, 0.2) is 0 Å². The van der Waals surface area contributed by atoms with Crippen molar-refractivity contribution in [3.63, 3.8) is 0 Å². The van der Waals surface area contributed by atoms with Gasteiger partial charge in [0.2, 0.25) is 0 Å². The Morgan fingerprint density at radius 3 is 2.58 bits per heavy atom. The molecule has 1 saturated carbocycles. The second-order valence-corrected chi connectivity index (χ2v) is 6.44. The third-order valence-electron chi connectivity index (χ3n) is 4.47. The van der Waals surface area contributed by atoms with Crippen LogP contribution in [0.25, 0.3) is 0 Å². The average molecular weight is 261 g/mol. The van der Waals surface area contributed by atoms with Crippen LogP contribution in [0.1, 0.15) is 49.3 Å². The molecule has 1 fully saturated rings. The second kappa shape index (κ2) is 6.06. The van der Waals surface area contributed by atoms with Crippen LogP contribution < -0.4 is 5.32 Å². The number of benzene rings is 1. The third-order valence-corrected chi connectivity index (χ3v) is 4.47. The maximum atomic E-state index is 10.5. The normalized spacial score (nSPS) is 27.5. The fourth-order valence-electron chi connectivity index (χ4n) is 2.95. The average Bonchev–Trinajstić information content (AvgIpc) is 2.36. The number of aliphatic hydroxyl groups is 1. The lowest BCUT2D eigenvalue weighted by Crippen LogP contribution is -2.43. The first-order valence-corrected chi connectivity index (χ1v) is 7.48. The van der Waals surface area contributed by atoms with Crippen LogP contribution in [-0.2, 0) is 6.54 Å². The molecule has 0 aliphatic heterocycles. The zero-order valence-electron chi connectivity index (χ0n) is 12.5. The molecule has 0 unspecified atom stereocenters. The van der Waals surface area contributed by atoms with Crippen molar-refractivity contribution in [2.24, 2.45) is 5.92 Å². The minimum absolute atomic E-state index is 0.481. The molecule has 1 aromatic carbocycles. The summed E-state index contributed by atoms with van der Waals surface area (Å²) in [7, 11) is 0. The van der Waals surface area contributed by atoms with Crippen molar-refractivity contribution >= 4 is 0 Å². The zero-order valence-corrected chi connectivity index (χ0v) is 12.5. The van der Waals surface area contributed by atoms with Gasteiger partial charge >= 0.3 is 0 Å². The molecule has 2 N–H and O–H groups in total. The SMILES string of the molecule is Cc1ccc(CNCC2(O)CCC(C)CC2)c(C)c1. The van der Waals surface area contributed by atoms with Gasteiger partial charge in [-0.1, -0.05) is 30.7 Å². The highest BCUT2D eigenvalue weighted by atomic mass is 16.3. The van der Waals surface area contributed by atoms with Gasteiger partial charge in [-0.05, 0) is 56.6 Å². The van der Waals surface area contributed by atoms with Crippen molar-refractivity contribution < 1.29 is 5.11 Å². The van der Waals surface area contributed by atoms with Crippen LogP contribution in [0, 0.1) is 19.8 Å². The Balaban J connectivity index is 1.83. The molecule has 2 heteroatoms. The summed E-state index contributed by atoms with van der Waals surface area (Å²) in [5.41, 5.74) is 3.49. The lowest BCUT2D eigenvalue weighted by atomic mass is 9.79. The van der Waals surface area contributed by atoms with E-state index in [0.29, 0.717) is 6.54 Å². The number of aryl methyl sites for hydroxylation is 2. The number of nitrogens with one attached hydrogen (secondary N) is 1. The molecule has 1 aliphatic rings. The maximum Gasteiger partial charge on any atom is 0.0771 e. The van der Waals surface area contributed by atoms with Gasteiger partial charge in [-0.25, -0.2) is 0 Å². The van der Waals surface area contributed by atoms with Gasteiger partial charge in [0.1, 0.15) is 0 Å². The van der Waals surface area contributed by atoms with E-state index in [0.717, 1.165) is 38.1 Å². The molecule has 0 amide bonds. The van der Waals surface area contributed by atoms with Gasteiger partial charge < -0.3 is 10.4 Å². The molecular weight excluding hydrogens is 234 g/mol. The Hall–Kier alpha value is -0.860. The number of hydrogen-bond acceptors (Lipinski definition) is 2. The fourth-order valence-corrected chi connectivity index (χ4v) is 2.95. The van der Waals surface area contributed by atoms with Crippen LogP contribution in [0.5, 0.6) is 0 Å². The van der Waals surface area contributed by atoms with E-state index >= 15 is 0 Å². The summed E-state index contributed by atoms with van der Waals surface area (Å²) in [6.45, 7) is 8.12. The molecule has 2 nitrogen and oxygen atoms in total. The number of hydrogen-bond donors (Lipinski definition) is 2. The van der Waals surface area contributed by atoms with E-state index in [1.54, 1.807) is 0 Å². The molecule has 0 atom stereocenters. The molecule has 0 spiro atoms. The first-order chi connectivity index (χ1) is 8.98. The molecule has 0 bridgehead atoms. The van der Waals surface area contributed by atoms with Crippen LogP contribution in [-0.4, -0.2) is 17.3 Å². The van der Waals surface area contributed by atoms with Gasteiger partial charge in [0.05, 0.1) is 5.60 Å². The van der Waals surface area contributed by atoms with E-state index in [1.165, 1.54) is 16.7 Å². The van der Waals surface area contributed by atoms with E-state index in [9.17, 15) is 5.11 Å². The topological polar surface area (TPSA) is 32.3 Å². The van der Waals surface area contributed by atoms with E-state index in [1.807, 2.05) is 0 Å². The van der Waals surface area contributed by atoms with Crippen molar-refractivity contribution in [3.8, 4) is 0 Å². The Morgan fingerprint density at radius 1 is 1.26 bits per heavy atom. The highest BCUT2D eigenvalue weighted by Crippen LogP contribution is 2.31. The van der Waals surface area contributed by atoms with Crippen LogP contribution in [0.3, 0.4) is 0 Å². The Labute approximate surface area is 117 Å². The molecular formula is C17H27NO. The summed E-state index contributed by atoms with van der Waals surface area (Å²) >= 11 is 0. The van der Waals surface area contributed by atoms with E-state index in [2.05, 4.69) is 44.3 Å². The molecule has 0 aromatic heterocycles. The van der Waals surface area contributed by atoms with Gasteiger partial charge in [-0.2, -0.15) is 0 Å². The van der Waals surface area contributed by atoms with Gasteiger partial charge in [0, 0.05) is 13.1 Å². The standard InChI is InChI=1S/C17H27NO/c1-13-6-8-17(19,9-7-13)12-18-11-16-5-4-14(2)10-15(16)3/h4-5,10,13,18-19H,6-9,11-12H2,1-3H3. The van der Waals surface area contributed by atoms with Gasteiger partial charge in [-0.3, -0.25) is 0 Å². The monoisotopic (exact) mass is 261 g/mol. The minimum atomic E-state index is -0.481. The highest BCUT2D eigenvalue weighted by molar-refractivity contribution is 5.30. The van der Waals surface area contributed by atoms with Gasteiger partial charge in [-0.15, -0.1) is 0 Å².